The molecule has 0 saturated heterocycles. The maximum atomic E-state index is 9.05. The van der Waals surface area contributed by atoms with Gasteiger partial charge in [0.05, 0.1) is 0 Å². The topological polar surface area (TPSA) is 23.5 Å². The molecule has 0 atom stereocenters. The molecule has 1 aliphatic heterocycles. The highest BCUT2D eigenvalue weighted by atomic mass is 16.3. The highest BCUT2D eigenvalue weighted by Gasteiger charge is 2.18. The van der Waals surface area contributed by atoms with E-state index >= 15 is 0 Å². The predicted molar refractivity (Wildman–Crippen MR) is 79.9 cm³/mol. The molecule has 0 amide bonds. The van der Waals surface area contributed by atoms with E-state index in [4.69, 9.17) is 5.11 Å². The summed E-state index contributed by atoms with van der Waals surface area (Å²) in [6.07, 6.45) is 11.8. The second kappa shape index (κ2) is 5.45. The van der Waals surface area contributed by atoms with Crippen molar-refractivity contribution in [3.8, 4) is 0 Å². The minimum atomic E-state index is 0.236. The molecule has 0 bridgehead atoms. The summed E-state index contributed by atoms with van der Waals surface area (Å²) in [6, 6.07) is 8.58. The predicted octanol–water partition coefficient (Wildman–Crippen LogP) is 3.51. The first-order valence-corrected chi connectivity index (χ1v) is 6.95. The second-order valence-corrected chi connectivity index (χ2v) is 4.98. The zero-order valence-electron chi connectivity index (χ0n) is 11.0. The van der Waals surface area contributed by atoms with Gasteiger partial charge in [0.2, 0.25) is 0 Å². The Hall–Kier alpha value is -1.80. The van der Waals surface area contributed by atoms with Crippen LogP contribution in [-0.4, -0.2) is 18.3 Å². The average molecular weight is 253 g/mol. The molecule has 0 spiro atoms. The Balaban J connectivity index is 2.05. The van der Waals surface area contributed by atoms with Crippen molar-refractivity contribution in [3.63, 3.8) is 0 Å². The summed E-state index contributed by atoms with van der Waals surface area (Å²) in [7, 11) is 0. The molecule has 0 saturated carbocycles. The fourth-order valence-electron chi connectivity index (χ4n) is 2.80. The number of aliphatic hydroxyl groups is 1. The molecular formula is C17H19NO. The van der Waals surface area contributed by atoms with Gasteiger partial charge in [0.15, 0.2) is 0 Å². The monoisotopic (exact) mass is 253 g/mol. The molecule has 1 aromatic carbocycles. The lowest BCUT2D eigenvalue weighted by molar-refractivity contribution is 0.290. The lowest BCUT2D eigenvalue weighted by Crippen LogP contribution is -2.19. The van der Waals surface area contributed by atoms with E-state index in [-0.39, 0.29) is 6.61 Å². The van der Waals surface area contributed by atoms with Crippen molar-refractivity contribution < 1.29 is 5.11 Å². The number of rotatable bonds is 3. The average Bonchev–Trinajstić information content (AvgIpc) is 2.63. The standard InChI is InChI=1S/C17H19NO/c19-13-5-11-18-12-10-14-6-1-2-7-15(14)16-8-3-4-9-17(16)18/h1,3-4,6,8-10,12,19H,2,5,7,11,13H2. The van der Waals surface area contributed by atoms with Gasteiger partial charge in [-0.05, 0) is 42.6 Å². The second-order valence-electron chi connectivity index (χ2n) is 4.98. The molecule has 19 heavy (non-hydrogen) atoms. The van der Waals surface area contributed by atoms with Crippen molar-refractivity contribution >= 4 is 11.3 Å². The van der Waals surface area contributed by atoms with Crippen LogP contribution in [0.2, 0.25) is 0 Å². The number of aliphatic hydroxyl groups excluding tert-OH is 1. The highest BCUT2D eigenvalue weighted by molar-refractivity contribution is 5.84. The molecule has 1 heterocycles. The van der Waals surface area contributed by atoms with E-state index in [2.05, 4.69) is 53.6 Å². The van der Waals surface area contributed by atoms with Gasteiger partial charge in [0.1, 0.15) is 0 Å². The summed E-state index contributed by atoms with van der Waals surface area (Å²) in [6.45, 7) is 1.09. The number of benzene rings is 1. The largest absolute Gasteiger partial charge is 0.396 e. The van der Waals surface area contributed by atoms with Crippen LogP contribution in [0.25, 0.3) is 5.57 Å². The van der Waals surface area contributed by atoms with Crippen LogP contribution in [0, 0.1) is 0 Å². The van der Waals surface area contributed by atoms with Crippen molar-refractivity contribution in [2.75, 3.05) is 18.1 Å². The third kappa shape index (κ3) is 2.36. The van der Waals surface area contributed by atoms with E-state index in [0.29, 0.717) is 0 Å². The minimum Gasteiger partial charge on any atom is -0.396 e. The van der Waals surface area contributed by atoms with Crippen molar-refractivity contribution in [3.05, 3.63) is 59.8 Å². The first-order chi connectivity index (χ1) is 9.40. The molecule has 1 aliphatic carbocycles. The van der Waals surface area contributed by atoms with Gasteiger partial charge in [-0.1, -0.05) is 30.4 Å². The number of allylic oxidation sites excluding steroid dienone is 5. The smallest absolute Gasteiger partial charge is 0.0482 e. The molecule has 2 heteroatoms. The SMILES string of the molecule is OCCCN1C=CC2=C(CCC=C2)c2ccccc21. The summed E-state index contributed by atoms with van der Waals surface area (Å²) in [5.74, 6) is 0. The first-order valence-electron chi connectivity index (χ1n) is 6.95. The van der Waals surface area contributed by atoms with E-state index in [1.165, 1.54) is 22.4 Å². The van der Waals surface area contributed by atoms with Crippen LogP contribution in [0.5, 0.6) is 0 Å². The molecule has 0 unspecified atom stereocenters. The minimum absolute atomic E-state index is 0.236. The number of nitrogens with zero attached hydrogens (tertiary/aromatic N) is 1. The van der Waals surface area contributed by atoms with Gasteiger partial charge < -0.3 is 10.0 Å². The van der Waals surface area contributed by atoms with Crippen molar-refractivity contribution in [2.45, 2.75) is 19.3 Å². The fourth-order valence-corrected chi connectivity index (χ4v) is 2.80. The number of hydrogen-bond acceptors (Lipinski definition) is 2. The number of hydrogen-bond donors (Lipinski definition) is 1. The van der Waals surface area contributed by atoms with E-state index in [1.54, 1.807) is 0 Å². The Morgan fingerprint density at radius 1 is 1.16 bits per heavy atom. The van der Waals surface area contributed by atoms with Crippen LogP contribution in [0.3, 0.4) is 0 Å². The van der Waals surface area contributed by atoms with Crippen LogP contribution >= 0.6 is 0 Å². The molecule has 0 radical (unpaired) electrons. The zero-order chi connectivity index (χ0) is 13.1. The molecule has 0 aromatic heterocycles. The van der Waals surface area contributed by atoms with Crippen LogP contribution in [0.4, 0.5) is 5.69 Å². The molecule has 3 rings (SSSR count). The van der Waals surface area contributed by atoms with Gasteiger partial charge in [0.25, 0.3) is 0 Å². The van der Waals surface area contributed by atoms with Crippen molar-refractivity contribution in [1.29, 1.82) is 0 Å². The fraction of sp³-hybridized carbons (Fsp3) is 0.294. The number of anilines is 1. The Kier molecular flexibility index (Phi) is 3.51. The summed E-state index contributed by atoms with van der Waals surface area (Å²) >= 11 is 0. The Morgan fingerprint density at radius 2 is 2.05 bits per heavy atom. The molecule has 0 fully saturated rings. The summed E-state index contributed by atoms with van der Waals surface area (Å²) in [4.78, 5) is 2.25. The van der Waals surface area contributed by atoms with Crippen molar-refractivity contribution in [1.82, 2.24) is 0 Å². The normalized spacial score (nSPS) is 17.2. The Morgan fingerprint density at radius 3 is 2.95 bits per heavy atom. The lowest BCUT2D eigenvalue weighted by atomic mass is 9.91. The van der Waals surface area contributed by atoms with Crippen molar-refractivity contribution in [2.24, 2.45) is 0 Å². The maximum Gasteiger partial charge on any atom is 0.0482 e. The molecule has 1 aromatic rings. The molecule has 2 nitrogen and oxygen atoms in total. The molecule has 2 aliphatic rings. The van der Waals surface area contributed by atoms with Crippen LogP contribution < -0.4 is 4.90 Å². The van der Waals surface area contributed by atoms with Gasteiger partial charge in [-0.3, -0.25) is 0 Å². The van der Waals surface area contributed by atoms with E-state index in [9.17, 15) is 0 Å². The lowest BCUT2D eigenvalue weighted by Gasteiger charge is -2.23. The Labute approximate surface area is 114 Å². The maximum absolute atomic E-state index is 9.05. The quantitative estimate of drug-likeness (QED) is 0.891. The number of para-hydroxylation sites is 1. The van der Waals surface area contributed by atoms with Crippen LogP contribution in [-0.2, 0) is 0 Å². The summed E-state index contributed by atoms with van der Waals surface area (Å²) in [5.41, 5.74) is 5.36. The zero-order valence-corrected chi connectivity index (χ0v) is 11.0. The van der Waals surface area contributed by atoms with Crippen LogP contribution in [0.15, 0.2) is 54.3 Å². The summed E-state index contributed by atoms with van der Waals surface area (Å²) < 4.78 is 0. The van der Waals surface area contributed by atoms with Gasteiger partial charge in [0, 0.05) is 30.6 Å². The van der Waals surface area contributed by atoms with Crippen LogP contribution in [0.1, 0.15) is 24.8 Å². The first kappa shape index (κ1) is 12.2. The van der Waals surface area contributed by atoms with Gasteiger partial charge in [-0.25, -0.2) is 0 Å². The summed E-state index contributed by atoms with van der Waals surface area (Å²) in [5, 5.41) is 9.05. The molecule has 1 N–H and O–H groups in total. The van der Waals surface area contributed by atoms with E-state index in [1.807, 2.05) is 0 Å². The number of fused-ring (bicyclic) bond motifs is 2. The highest BCUT2D eigenvalue weighted by Crippen LogP contribution is 2.37. The molecular weight excluding hydrogens is 234 g/mol. The van der Waals surface area contributed by atoms with Gasteiger partial charge in [-0.2, -0.15) is 0 Å². The third-order valence-electron chi connectivity index (χ3n) is 3.74. The van der Waals surface area contributed by atoms with E-state index in [0.717, 1.165) is 25.8 Å². The van der Waals surface area contributed by atoms with Gasteiger partial charge >= 0.3 is 0 Å². The van der Waals surface area contributed by atoms with Gasteiger partial charge in [-0.15, -0.1) is 0 Å². The molecule has 98 valence electrons. The Bertz CT molecular complexity index is 554. The van der Waals surface area contributed by atoms with E-state index < -0.39 is 0 Å². The third-order valence-corrected chi connectivity index (χ3v) is 3.74.